The average Bonchev–Trinajstić information content (AvgIpc) is 3.36. The maximum Gasteiger partial charge on any atom is 0.309 e. The minimum absolute atomic E-state index is 0.00993. The summed E-state index contributed by atoms with van der Waals surface area (Å²) in [5.41, 5.74) is -1.63. The van der Waals surface area contributed by atoms with Crippen molar-refractivity contribution in [1.29, 1.82) is 0 Å². The van der Waals surface area contributed by atoms with Gasteiger partial charge in [0.1, 0.15) is 73.2 Å². The number of rotatable bonds is 10. The van der Waals surface area contributed by atoms with Crippen molar-refractivity contribution in [3.05, 3.63) is 12.2 Å². The van der Waals surface area contributed by atoms with Crippen LogP contribution in [-0.2, 0) is 33.2 Å². The molecule has 4 aliphatic carbocycles. The van der Waals surface area contributed by atoms with Crippen molar-refractivity contribution in [2.24, 2.45) is 28.1 Å². The molecule has 3 saturated heterocycles. The Labute approximate surface area is 324 Å². The van der Waals surface area contributed by atoms with Gasteiger partial charge in [0, 0.05) is 0 Å². The zero-order valence-corrected chi connectivity index (χ0v) is 31.8. The zero-order chi connectivity index (χ0) is 40.7. The summed E-state index contributed by atoms with van der Waals surface area (Å²) in [6, 6.07) is 0. The predicted octanol–water partition coefficient (Wildman–Crippen LogP) is -2.37. The molecule has 0 aromatic carbocycles. The quantitative estimate of drug-likeness (QED) is 0.0812. The Bertz CT molecular complexity index is 1450. The van der Waals surface area contributed by atoms with Crippen LogP contribution in [0.1, 0.15) is 71.6 Å². The van der Waals surface area contributed by atoms with E-state index in [-0.39, 0.29) is 22.7 Å². The largest absolute Gasteiger partial charge is 0.481 e. The average molecular weight is 805 g/mol. The molecule has 3 aliphatic heterocycles. The van der Waals surface area contributed by atoms with Crippen LogP contribution < -0.4 is 0 Å². The molecule has 320 valence electrons. The molecule has 7 aliphatic rings. The molecule has 18 heteroatoms. The third kappa shape index (κ3) is 6.69. The first-order chi connectivity index (χ1) is 26.4. The van der Waals surface area contributed by atoms with Gasteiger partial charge in [-0.2, -0.15) is 0 Å². The molecule has 0 aromatic rings. The number of ether oxygens (including phenoxy) is 6. The molecular weight excluding hydrogens is 744 g/mol. The van der Waals surface area contributed by atoms with E-state index >= 15 is 0 Å². The first-order valence-electron chi connectivity index (χ1n) is 19.9. The highest BCUT2D eigenvalue weighted by Crippen LogP contribution is 2.73. The first-order valence-corrected chi connectivity index (χ1v) is 19.9. The van der Waals surface area contributed by atoms with E-state index in [0.717, 1.165) is 31.3 Å². The molecule has 7 rings (SSSR count). The number of hydrogen-bond donors (Lipinski definition) is 11. The zero-order valence-electron chi connectivity index (χ0n) is 31.8. The van der Waals surface area contributed by atoms with Gasteiger partial charge in [0.2, 0.25) is 0 Å². The molecule has 1 unspecified atom stereocenters. The van der Waals surface area contributed by atoms with Gasteiger partial charge in [-0.25, -0.2) is 0 Å². The van der Waals surface area contributed by atoms with Crippen molar-refractivity contribution in [3.63, 3.8) is 0 Å². The van der Waals surface area contributed by atoms with Crippen molar-refractivity contribution in [2.45, 2.75) is 169 Å². The normalized spacial score (nSPS) is 54.6. The number of carboxylic acids is 1. The van der Waals surface area contributed by atoms with E-state index in [2.05, 4.69) is 13.5 Å². The second-order valence-electron chi connectivity index (χ2n) is 18.0. The van der Waals surface area contributed by atoms with E-state index < -0.39 is 129 Å². The Morgan fingerprint density at radius 3 is 1.75 bits per heavy atom. The van der Waals surface area contributed by atoms with Gasteiger partial charge in [0.05, 0.1) is 30.8 Å². The molecule has 2 bridgehead atoms. The summed E-state index contributed by atoms with van der Waals surface area (Å²) in [6.07, 6.45) is -19.3. The number of carbonyl (C=O) groups is 1. The number of fused-ring (bicyclic) bond motifs is 3. The molecular formula is C38H60O18. The number of carboxylic acid groups (broad SMARTS) is 1. The molecule has 11 N–H and O–H groups in total. The number of aliphatic carboxylic acids is 1. The number of hydrogen-bond acceptors (Lipinski definition) is 17. The van der Waals surface area contributed by atoms with E-state index in [1.807, 2.05) is 6.92 Å². The van der Waals surface area contributed by atoms with Crippen LogP contribution in [0.4, 0.5) is 0 Å². The molecule has 3 heterocycles. The van der Waals surface area contributed by atoms with Crippen LogP contribution in [-0.4, -0.2) is 180 Å². The van der Waals surface area contributed by atoms with Crippen LogP contribution in [0.5, 0.6) is 0 Å². The van der Waals surface area contributed by atoms with Gasteiger partial charge in [-0.15, -0.1) is 0 Å². The van der Waals surface area contributed by atoms with Gasteiger partial charge in [-0.05, 0) is 86.5 Å². The van der Waals surface area contributed by atoms with Crippen LogP contribution in [0.25, 0.3) is 0 Å². The fourth-order valence-corrected chi connectivity index (χ4v) is 12.1. The Balaban J connectivity index is 1.21. The fraction of sp³-hybridized carbons (Fsp3) is 0.921. The van der Waals surface area contributed by atoms with E-state index in [0.29, 0.717) is 32.1 Å². The highest BCUT2D eigenvalue weighted by atomic mass is 16.8. The van der Waals surface area contributed by atoms with Crippen LogP contribution in [0, 0.1) is 28.1 Å². The monoisotopic (exact) mass is 804 g/mol. The molecule has 18 nitrogen and oxygen atoms in total. The summed E-state index contributed by atoms with van der Waals surface area (Å²) >= 11 is 0. The molecule has 0 radical (unpaired) electrons. The predicted molar refractivity (Wildman–Crippen MR) is 187 cm³/mol. The lowest BCUT2D eigenvalue weighted by Gasteiger charge is -2.64. The highest BCUT2D eigenvalue weighted by Gasteiger charge is 2.69. The minimum Gasteiger partial charge on any atom is -0.481 e. The summed E-state index contributed by atoms with van der Waals surface area (Å²) in [5.74, 6) is -0.606. The van der Waals surface area contributed by atoms with Crippen molar-refractivity contribution < 1.29 is 89.4 Å². The van der Waals surface area contributed by atoms with Crippen LogP contribution in [0.15, 0.2) is 12.2 Å². The van der Waals surface area contributed by atoms with Gasteiger partial charge in [0.15, 0.2) is 18.9 Å². The molecule has 21 atom stereocenters. The van der Waals surface area contributed by atoms with Crippen molar-refractivity contribution in [1.82, 2.24) is 0 Å². The number of aliphatic hydroxyl groups excluding tert-OH is 10. The van der Waals surface area contributed by atoms with Crippen LogP contribution >= 0.6 is 0 Å². The topological polar surface area (TPSA) is 295 Å². The summed E-state index contributed by atoms with van der Waals surface area (Å²) in [7, 11) is 0. The lowest BCUT2D eigenvalue weighted by molar-refractivity contribution is -0.400. The van der Waals surface area contributed by atoms with Crippen molar-refractivity contribution >= 4 is 5.97 Å². The molecule has 0 amide bonds. The smallest absolute Gasteiger partial charge is 0.309 e. The van der Waals surface area contributed by atoms with Crippen LogP contribution in [0.2, 0.25) is 0 Å². The lowest BCUT2D eigenvalue weighted by Crippen LogP contribution is -2.68. The van der Waals surface area contributed by atoms with E-state index in [9.17, 15) is 61.0 Å². The van der Waals surface area contributed by atoms with Gasteiger partial charge < -0.3 is 84.6 Å². The fourth-order valence-electron chi connectivity index (χ4n) is 12.1. The van der Waals surface area contributed by atoms with E-state index in [1.165, 1.54) is 0 Å². The first kappa shape index (κ1) is 42.7. The third-order valence-electron chi connectivity index (χ3n) is 15.0. The van der Waals surface area contributed by atoms with Gasteiger partial charge >= 0.3 is 5.97 Å². The summed E-state index contributed by atoms with van der Waals surface area (Å²) in [6.45, 7) is 6.28. The molecule has 7 fully saturated rings. The molecule has 0 aromatic heterocycles. The second-order valence-corrected chi connectivity index (χ2v) is 18.0. The molecule has 56 heavy (non-hydrogen) atoms. The molecule has 1 spiro atoms. The maximum atomic E-state index is 12.7. The Morgan fingerprint density at radius 2 is 1.20 bits per heavy atom. The molecule has 4 saturated carbocycles. The second kappa shape index (κ2) is 15.6. The van der Waals surface area contributed by atoms with Gasteiger partial charge in [0.25, 0.3) is 0 Å². The van der Waals surface area contributed by atoms with Crippen molar-refractivity contribution in [2.75, 3.05) is 19.8 Å². The summed E-state index contributed by atoms with van der Waals surface area (Å²) in [4.78, 5) is 12.7. The Morgan fingerprint density at radius 1 is 0.679 bits per heavy atom. The Hall–Kier alpha value is -1.43. The standard InChI is InChI=1S/C38H60O18/c1-16-11-37-9-5-20-35(2,7-4-8-36(20,3)34(49)50)21(37)6-10-38(16,15-37)56-33-30(55-32-28(48)26(46)23(43)18(13-40)52-32)29(24(44)19(14-41)53-33)54-31-27(47)25(45)22(42)17(12-39)51-31/h17-33,39-48H,1,4-15H2,2-3H3,(H,49,50)/t17-,18-,19-,20+,21+,22-,23-,24-,25+,26+,27-,28?,29+,30-,31+,32+,33+,35-,36-,37-,38+/m1/s1. The summed E-state index contributed by atoms with van der Waals surface area (Å²) < 4.78 is 36.7. The third-order valence-corrected chi connectivity index (χ3v) is 15.0. The van der Waals surface area contributed by atoms with E-state index in [4.69, 9.17) is 28.4 Å². The van der Waals surface area contributed by atoms with Crippen LogP contribution in [0.3, 0.4) is 0 Å². The lowest BCUT2D eigenvalue weighted by atomic mass is 9.41. The minimum atomic E-state index is -1.91. The van der Waals surface area contributed by atoms with Gasteiger partial charge in [-0.3, -0.25) is 4.79 Å². The number of aliphatic hydroxyl groups is 10. The summed E-state index contributed by atoms with van der Waals surface area (Å²) in [5, 5.41) is 116. The highest BCUT2D eigenvalue weighted by molar-refractivity contribution is 5.75. The van der Waals surface area contributed by atoms with Crippen molar-refractivity contribution in [3.8, 4) is 0 Å². The van der Waals surface area contributed by atoms with Gasteiger partial charge in [-0.1, -0.05) is 19.9 Å². The maximum absolute atomic E-state index is 12.7. The van der Waals surface area contributed by atoms with E-state index in [1.54, 1.807) is 0 Å². The Kier molecular flexibility index (Phi) is 11.9. The SMILES string of the molecule is C=C1C[C@@]23CC[C@H]4[C@@](C)(CCC[C@@]4(C)C(=O)O)[C@@H]2CC[C@]1(O[C@@H]1O[C@H](CO)[C@@H](O)[C@H](O[C@@H]2O[C@H](CO)[C@@H](O)[C@H](O)[C@H]2O)[C@H]1O[C@@H]1O[C@H](CO)[C@@H](O)[C@H](O)C1O)C3.